The molecule has 1 N–H and O–H groups in total. The predicted molar refractivity (Wildman–Crippen MR) is 134 cm³/mol. The summed E-state index contributed by atoms with van der Waals surface area (Å²) in [7, 11) is -1.89. The van der Waals surface area contributed by atoms with Crippen LogP contribution in [0.2, 0.25) is 0 Å². The Hall–Kier alpha value is -4.12. The van der Waals surface area contributed by atoms with Gasteiger partial charge in [0, 0.05) is 30.4 Å². The van der Waals surface area contributed by atoms with Crippen molar-refractivity contribution in [3.05, 3.63) is 78.9 Å². The molecule has 0 unspecified atom stereocenters. The van der Waals surface area contributed by atoms with Crippen molar-refractivity contribution < 1.29 is 17.2 Å². The van der Waals surface area contributed by atoms with E-state index in [0.29, 0.717) is 22.4 Å². The number of nitrogens with one attached hydrogen (secondary N) is 1. The van der Waals surface area contributed by atoms with Crippen molar-refractivity contribution >= 4 is 26.9 Å². The van der Waals surface area contributed by atoms with Crippen LogP contribution in [0.15, 0.2) is 67.3 Å². The molecule has 5 rings (SSSR count). The number of halogens is 2. The number of hydrogen-bond acceptors (Lipinski definition) is 5. The summed E-state index contributed by atoms with van der Waals surface area (Å²) in [4.78, 5) is 8.96. The molecule has 184 valence electrons. The molecular formula is C25H22F2N6O2S. The van der Waals surface area contributed by atoms with Gasteiger partial charge in [0.25, 0.3) is 0 Å². The average molecular weight is 509 g/mol. The van der Waals surface area contributed by atoms with Crippen LogP contribution in [-0.4, -0.2) is 38.0 Å². The third-order valence-corrected chi connectivity index (χ3v) is 7.49. The van der Waals surface area contributed by atoms with Crippen LogP contribution in [0.25, 0.3) is 39.1 Å². The summed E-state index contributed by atoms with van der Waals surface area (Å²) < 4.78 is 59.1. The third kappa shape index (κ3) is 4.44. The van der Waals surface area contributed by atoms with Gasteiger partial charge >= 0.3 is 0 Å². The van der Waals surface area contributed by atoms with Gasteiger partial charge in [-0.15, -0.1) is 0 Å². The molecule has 0 aliphatic heterocycles. The molecule has 2 aromatic carbocycles. The quantitative estimate of drug-likeness (QED) is 0.352. The molecule has 3 heterocycles. The van der Waals surface area contributed by atoms with E-state index in [1.165, 1.54) is 26.0 Å². The van der Waals surface area contributed by atoms with Gasteiger partial charge in [-0.3, -0.25) is 14.0 Å². The van der Waals surface area contributed by atoms with E-state index in [1.54, 1.807) is 27.8 Å². The van der Waals surface area contributed by atoms with Crippen LogP contribution in [0.1, 0.15) is 13.8 Å². The standard InChI is InChI=1S/C25H22F2N6O2S/c1-15(2)36(34,35)31-24-9-17(20-6-5-19(26)11-21(20)27)10-25(30-24)33-14-28-22-8-16(4-7-23(22)33)18-12-29-32(3)13-18/h4-15H,1-3H3,(H,30,31). The topological polar surface area (TPSA) is 94.7 Å². The molecule has 0 fully saturated rings. The van der Waals surface area contributed by atoms with Gasteiger partial charge in [-0.25, -0.2) is 27.2 Å². The minimum Gasteiger partial charge on any atom is -0.283 e. The van der Waals surface area contributed by atoms with Gasteiger partial charge in [0.05, 0.1) is 22.5 Å². The largest absolute Gasteiger partial charge is 0.283 e. The first-order valence-corrected chi connectivity index (χ1v) is 12.6. The van der Waals surface area contributed by atoms with Gasteiger partial charge in [0.2, 0.25) is 10.0 Å². The number of anilines is 1. The molecule has 0 saturated heterocycles. The molecule has 0 radical (unpaired) electrons. The lowest BCUT2D eigenvalue weighted by atomic mass is 10.1. The first-order valence-electron chi connectivity index (χ1n) is 11.1. The highest BCUT2D eigenvalue weighted by atomic mass is 32.2. The summed E-state index contributed by atoms with van der Waals surface area (Å²) >= 11 is 0. The highest BCUT2D eigenvalue weighted by molar-refractivity contribution is 7.93. The van der Waals surface area contributed by atoms with Gasteiger partial charge < -0.3 is 0 Å². The SMILES string of the molecule is CC(C)S(=O)(=O)Nc1cc(-c2ccc(F)cc2F)cc(-n2cnc3cc(-c4cnn(C)c4)ccc32)n1. The lowest BCUT2D eigenvalue weighted by Crippen LogP contribution is -2.23. The summed E-state index contributed by atoms with van der Waals surface area (Å²) in [6.45, 7) is 3.08. The van der Waals surface area contributed by atoms with E-state index in [4.69, 9.17) is 0 Å². The Labute approximate surface area is 206 Å². The Balaban J connectivity index is 1.65. The van der Waals surface area contributed by atoms with E-state index in [-0.39, 0.29) is 11.4 Å². The van der Waals surface area contributed by atoms with E-state index in [2.05, 4.69) is 19.8 Å². The highest BCUT2D eigenvalue weighted by Crippen LogP contribution is 2.30. The monoisotopic (exact) mass is 508 g/mol. The van der Waals surface area contributed by atoms with Crippen LogP contribution in [0.5, 0.6) is 0 Å². The smallest absolute Gasteiger partial charge is 0.236 e. The molecule has 8 nitrogen and oxygen atoms in total. The minimum absolute atomic E-state index is 0.00811. The van der Waals surface area contributed by atoms with Crippen molar-refractivity contribution in [2.45, 2.75) is 19.1 Å². The molecule has 0 spiro atoms. The van der Waals surface area contributed by atoms with E-state index in [0.717, 1.165) is 23.3 Å². The van der Waals surface area contributed by atoms with Crippen LogP contribution in [0.3, 0.4) is 0 Å². The van der Waals surface area contributed by atoms with Crippen LogP contribution < -0.4 is 4.72 Å². The van der Waals surface area contributed by atoms with E-state index in [9.17, 15) is 17.2 Å². The fourth-order valence-electron chi connectivity index (χ4n) is 3.78. The fraction of sp³-hybridized carbons (Fsp3) is 0.160. The Morgan fingerprint density at radius 1 is 0.972 bits per heavy atom. The zero-order chi connectivity index (χ0) is 25.6. The van der Waals surface area contributed by atoms with Crippen LogP contribution in [0.4, 0.5) is 14.6 Å². The molecule has 0 aliphatic carbocycles. The Morgan fingerprint density at radius 3 is 2.47 bits per heavy atom. The number of fused-ring (bicyclic) bond motifs is 1. The predicted octanol–water partition coefficient (Wildman–Crippen LogP) is 4.92. The van der Waals surface area contributed by atoms with E-state index in [1.807, 2.05) is 31.4 Å². The molecular weight excluding hydrogens is 486 g/mol. The van der Waals surface area contributed by atoms with Crippen LogP contribution in [0, 0.1) is 11.6 Å². The first-order chi connectivity index (χ1) is 17.1. The zero-order valence-electron chi connectivity index (χ0n) is 19.6. The number of sulfonamides is 1. The zero-order valence-corrected chi connectivity index (χ0v) is 20.5. The van der Waals surface area contributed by atoms with Crippen molar-refractivity contribution in [1.82, 2.24) is 24.3 Å². The molecule has 0 aliphatic rings. The van der Waals surface area contributed by atoms with Crippen molar-refractivity contribution in [2.75, 3.05) is 4.72 Å². The Kier molecular flexibility index (Phi) is 5.79. The molecule has 0 amide bonds. The summed E-state index contributed by atoms with van der Waals surface area (Å²) in [5, 5.41) is 3.49. The number of aromatic nitrogens is 5. The van der Waals surface area contributed by atoms with E-state index < -0.39 is 26.9 Å². The lowest BCUT2D eigenvalue weighted by Gasteiger charge is -2.14. The number of rotatable bonds is 6. The molecule has 5 aromatic rings. The first kappa shape index (κ1) is 23.6. The van der Waals surface area contributed by atoms with Crippen LogP contribution in [-0.2, 0) is 17.1 Å². The second-order valence-electron chi connectivity index (χ2n) is 8.64. The second-order valence-corrected chi connectivity index (χ2v) is 10.9. The third-order valence-electron chi connectivity index (χ3n) is 5.75. The number of pyridine rings is 1. The van der Waals surface area contributed by atoms with E-state index >= 15 is 0 Å². The van der Waals surface area contributed by atoms with Crippen LogP contribution >= 0.6 is 0 Å². The summed E-state index contributed by atoms with van der Waals surface area (Å²) in [5.74, 6) is -1.17. The van der Waals surface area contributed by atoms with Crippen molar-refractivity contribution in [3.8, 4) is 28.1 Å². The maximum atomic E-state index is 14.6. The van der Waals surface area contributed by atoms with Gasteiger partial charge in [-0.1, -0.05) is 6.07 Å². The average Bonchev–Trinajstić information content (AvgIpc) is 3.44. The Morgan fingerprint density at radius 2 is 1.78 bits per heavy atom. The molecule has 0 saturated carbocycles. The number of nitrogens with zero attached hydrogens (tertiary/aromatic N) is 5. The summed E-state index contributed by atoms with van der Waals surface area (Å²) in [6.07, 6.45) is 5.21. The van der Waals surface area contributed by atoms with Gasteiger partial charge in [-0.05, 0) is 61.4 Å². The molecule has 36 heavy (non-hydrogen) atoms. The van der Waals surface area contributed by atoms with Gasteiger partial charge in [0.15, 0.2) is 0 Å². The molecule has 0 atom stereocenters. The molecule has 11 heteroatoms. The maximum Gasteiger partial charge on any atom is 0.236 e. The summed E-state index contributed by atoms with van der Waals surface area (Å²) in [6, 6.07) is 11.9. The normalized spacial score (nSPS) is 11.9. The van der Waals surface area contributed by atoms with Gasteiger partial charge in [-0.2, -0.15) is 5.10 Å². The maximum absolute atomic E-state index is 14.6. The Bertz CT molecular complexity index is 1710. The molecule has 3 aromatic heterocycles. The number of imidazole rings is 1. The molecule has 0 bridgehead atoms. The minimum atomic E-state index is -3.73. The number of hydrogen-bond donors (Lipinski definition) is 1. The van der Waals surface area contributed by atoms with Crippen molar-refractivity contribution in [2.24, 2.45) is 7.05 Å². The summed E-state index contributed by atoms with van der Waals surface area (Å²) in [5.41, 5.74) is 3.69. The lowest BCUT2D eigenvalue weighted by molar-refractivity contribution is 0.585. The van der Waals surface area contributed by atoms with Gasteiger partial charge in [0.1, 0.15) is 29.6 Å². The highest BCUT2D eigenvalue weighted by Gasteiger charge is 2.19. The number of aryl methyl sites for hydroxylation is 1. The fourth-order valence-corrected chi connectivity index (χ4v) is 4.41. The number of benzene rings is 2. The van der Waals surface area contributed by atoms with Crippen molar-refractivity contribution in [1.29, 1.82) is 0 Å². The second kappa shape index (κ2) is 8.83. The van der Waals surface area contributed by atoms with Crippen molar-refractivity contribution in [3.63, 3.8) is 0 Å².